The van der Waals surface area contributed by atoms with E-state index in [1.54, 1.807) is 4.88 Å². The zero-order valence-electron chi connectivity index (χ0n) is 15.8. The van der Waals surface area contributed by atoms with Crippen LogP contribution < -0.4 is 0 Å². The van der Waals surface area contributed by atoms with Gasteiger partial charge in [-0.2, -0.15) is 0 Å². The third-order valence-electron chi connectivity index (χ3n) is 6.07. The van der Waals surface area contributed by atoms with Crippen LogP contribution in [-0.4, -0.2) is 61.0 Å². The van der Waals surface area contributed by atoms with Crippen molar-refractivity contribution in [2.45, 2.75) is 58.2 Å². The summed E-state index contributed by atoms with van der Waals surface area (Å²) in [7, 11) is 4.43. The second-order valence-electron chi connectivity index (χ2n) is 8.08. The number of thiophene rings is 1. The lowest BCUT2D eigenvalue weighted by Crippen LogP contribution is -2.41. The van der Waals surface area contributed by atoms with Crippen LogP contribution in [0.15, 0.2) is 11.4 Å². The monoisotopic (exact) mass is 349 g/mol. The van der Waals surface area contributed by atoms with Gasteiger partial charge in [-0.3, -0.25) is 9.80 Å². The van der Waals surface area contributed by atoms with Crippen LogP contribution in [0.3, 0.4) is 0 Å². The van der Waals surface area contributed by atoms with E-state index in [1.165, 1.54) is 70.4 Å². The van der Waals surface area contributed by atoms with Gasteiger partial charge >= 0.3 is 0 Å². The number of nitrogens with zero attached hydrogens (tertiary/aromatic N) is 3. The quantitative estimate of drug-likeness (QED) is 0.771. The number of hydrogen-bond acceptors (Lipinski definition) is 4. The van der Waals surface area contributed by atoms with Gasteiger partial charge in [0.1, 0.15) is 0 Å². The van der Waals surface area contributed by atoms with Gasteiger partial charge in [-0.05, 0) is 95.8 Å². The van der Waals surface area contributed by atoms with Gasteiger partial charge in [-0.15, -0.1) is 11.3 Å². The predicted octanol–water partition coefficient (Wildman–Crippen LogP) is 3.90. The van der Waals surface area contributed by atoms with Crippen LogP contribution in [0.1, 0.15) is 49.5 Å². The van der Waals surface area contributed by atoms with E-state index in [0.29, 0.717) is 6.04 Å². The van der Waals surface area contributed by atoms with E-state index in [4.69, 9.17) is 0 Å². The first-order chi connectivity index (χ1) is 11.6. The predicted molar refractivity (Wildman–Crippen MR) is 105 cm³/mol. The van der Waals surface area contributed by atoms with Crippen molar-refractivity contribution in [2.24, 2.45) is 5.92 Å². The molecule has 0 bridgehead atoms. The highest BCUT2D eigenvalue weighted by Gasteiger charge is 2.25. The molecule has 2 aliphatic rings. The lowest BCUT2D eigenvalue weighted by Gasteiger charge is -2.37. The highest BCUT2D eigenvalue weighted by molar-refractivity contribution is 7.10. The fourth-order valence-electron chi connectivity index (χ4n) is 4.20. The molecule has 1 aromatic heterocycles. The zero-order chi connectivity index (χ0) is 16.9. The van der Waals surface area contributed by atoms with Gasteiger partial charge in [0.15, 0.2) is 0 Å². The van der Waals surface area contributed by atoms with Gasteiger partial charge in [0, 0.05) is 24.0 Å². The Kier molecular flexibility index (Phi) is 6.73. The average molecular weight is 350 g/mol. The summed E-state index contributed by atoms with van der Waals surface area (Å²) < 4.78 is 0. The van der Waals surface area contributed by atoms with Crippen LogP contribution in [0, 0.1) is 5.92 Å². The van der Waals surface area contributed by atoms with Gasteiger partial charge in [-0.25, -0.2) is 0 Å². The van der Waals surface area contributed by atoms with Crippen LogP contribution in [0.25, 0.3) is 0 Å². The molecule has 0 unspecified atom stereocenters. The molecule has 3 rings (SSSR count). The normalized spacial score (nSPS) is 23.0. The highest BCUT2D eigenvalue weighted by Crippen LogP contribution is 2.26. The van der Waals surface area contributed by atoms with E-state index in [2.05, 4.69) is 47.2 Å². The first-order valence-electron chi connectivity index (χ1n) is 9.79. The Balaban J connectivity index is 1.44. The van der Waals surface area contributed by atoms with E-state index in [-0.39, 0.29) is 0 Å². The Morgan fingerprint density at radius 2 is 1.71 bits per heavy atom. The minimum absolute atomic E-state index is 0.713. The van der Waals surface area contributed by atoms with Crippen molar-refractivity contribution in [3.05, 3.63) is 21.9 Å². The summed E-state index contributed by atoms with van der Waals surface area (Å²) in [5.74, 6) is 0.870. The molecule has 0 spiro atoms. The Labute approximate surface area is 152 Å². The Hall–Kier alpha value is -0.420. The lowest BCUT2D eigenvalue weighted by molar-refractivity contribution is 0.122. The van der Waals surface area contributed by atoms with Gasteiger partial charge < -0.3 is 4.90 Å². The molecule has 3 heterocycles. The SMILES string of the molecule is C[C@@H](C1CCN(Cc2cc(CN3CCCCC3)cs2)CC1)N(C)C. The third kappa shape index (κ3) is 5.04. The van der Waals surface area contributed by atoms with Gasteiger partial charge in [0.05, 0.1) is 0 Å². The summed E-state index contributed by atoms with van der Waals surface area (Å²) in [5.41, 5.74) is 1.54. The molecular formula is C20H35N3S. The van der Waals surface area contributed by atoms with Gasteiger partial charge in [0.2, 0.25) is 0 Å². The smallest absolute Gasteiger partial charge is 0.0328 e. The largest absolute Gasteiger partial charge is 0.306 e. The summed E-state index contributed by atoms with van der Waals surface area (Å²) in [6.07, 6.45) is 6.90. The minimum atomic E-state index is 0.713. The standard InChI is InChI=1S/C20H35N3S/c1-17(21(2)3)19-7-11-23(12-8-19)15-20-13-18(16-24-20)14-22-9-5-4-6-10-22/h13,16-17,19H,4-12,14-15H2,1-3H3/t17-/m0/s1. The Morgan fingerprint density at radius 1 is 1.04 bits per heavy atom. The molecule has 2 aliphatic heterocycles. The summed E-state index contributed by atoms with van der Waals surface area (Å²) in [6, 6.07) is 3.18. The zero-order valence-corrected chi connectivity index (χ0v) is 16.7. The number of piperidine rings is 2. The van der Waals surface area contributed by atoms with Crippen LogP contribution in [0.5, 0.6) is 0 Å². The average Bonchev–Trinajstić information content (AvgIpc) is 3.02. The number of hydrogen-bond donors (Lipinski definition) is 0. The van der Waals surface area contributed by atoms with Crippen molar-refractivity contribution < 1.29 is 0 Å². The van der Waals surface area contributed by atoms with Gasteiger partial charge in [-0.1, -0.05) is 6.42 Å². The molecule has 0 aliphatic carbocycles. The fraction of sp³-hybridized carbons (Fsp3) is 0.800. The molecule has 4 heteroatoms. The van der Waals surface area contributed by atoms with Crippen molar-refractivity contribution in [1.29, 1.82) is 0 Å². The summed E-state index contributed by atoms with van der Waals surface area (Å²) in [4.78, 5) is 9.23. The van der Waals surface area contributed by atoms with E-state index in [0.717, 1.165) is 12.5 Å². The first-order valence-corrected chi connectivity index (χ1v) is 10.7. The van der Waals surface area contributed by atoms with Crippen LogP contribution in [-0.2, 0) is 13.1 Å². The summed E-state index contributed by atoms with van der Waals surface area (Å²) in [5, 5.41) is 2.39. The molecule has 1 atom stereocenters. The van der Waals surface area contributed by atoms with Crippen LogP contribution in [0.4, 0.5) is 0 Å². The molecule has 1 aromatic rings. The molecule has 136 valence electrons. The third-order valence-corrected chi connectivity index (χ3v) is 7.04. The second-order valence-corrected chi connectivity index (χ2v) is 9.07. The maximum absolute atomic E-state index is 2.66. The van der Waals surface area contributed by atoms with Crippen molar-refractivity contribution >= 4 is 11.3 Å². The topological polar surface area (TPSA) is 9.72 Å². The summed E-state index contributed by atoms with van der Waals surface area (Å²) in [6.45, 7) is 9.83. The Morgan fingerprint density at radius 3 is 2.38 bits per heavy atom. The van der Waals surface area contributed by atoms with Gasteiger partial charge in [0.25, 0.3) is 0 Å². The molecule has 24 heavy (non-hydrogen) atoms. The maximum Gasteiger partial charge on any atom is 0.0328 e. The number of likely N-dealkylation sites (tertiary alicyclic amines) is 2. The molecule has 2 saturated heterocycles. The molecule has 0 amide bonds. The van der Waals surface area contributed by atoms with Crippen LogP contribution >= 0.6 is 11.3 Å². The number of rotatable bonds is 6. The minimum Gasteiger partial charge on any atom is -0.306 e. The molecule has 0 N–H and O–H groups in total. The van der Waals surface area contributed by atoms with E-state index < -0.39 is 0 Å². The molecule has 2 fully saturated rings. The van der Waals surface area contributed by atoms with E-state index >= 15 is 0 Å². The fourth-order valence-corrected chi connectivity index (χ4v) is 5.13. The lowest BCUT2D eigenvalue weighted by atomic mass is 9.90. The van der Waals surface area contributed by atoms with Crippen molar-refractivity contribution in [3.63, 3.8) is 0 Å². The van der Waals surface area contributed by atoms with Crippen molar-refractivity contribution in [3.8, 4) is 0 Å². The second kappa shape index (κ2) is 8.79. The van der Waals surface area contributed by atoms with Crippen molar-refractivity contribution in [2.75, 3.05) is 40.3 Å². The molecule has 0 aromatic carbocycles. The molecule has 0 radical (unpaired) electrons. The molecule has 3 nitrogen and oxygen atoms in total. The van der Waals surface area contributed by atoms with E-state index in [1.807, 2.05) is 11.3 Å². The van der Waals surface area contributed by atoms with Crippen LogP contribution in [0.2, 0.25) is 0 Å². The van der Waals surface area contributed by atoms with E-state index in [9.17, 15) is 0 Å². The first kappa shape index (κ1) is 18.4. The van der Waals surface area contributed by atoms with Crippen molar-refractivity contribution in [1.82, 2.24) is 14.7 Å². The molecule has 0 saturated carbocycles. The summed E-state index contributed by atoms with van der Waals surface area (Å²) >= 11 is 1.97. The highest BCUT2D eigenvalue weighted by atomic mass is 32.1. The molecular weight excluding hydrogens is 314 g/mol. The Bertz CT molecular complexity index is 485. The maximum atomic E-state index is 2.66.